The average molecular weight is 258 g/mol. The van der Waals surface area contributed by atoms with E-state index in [1.54, 1.807) is 0 Å². The van der Waals surface area contributed by atoms with Gasteiger partial charge >= 0.3 is 0 Å². The van der Waals surface area contributed by atoms with Crippen LogP contribution in [0, 0.1) is 0 Å². The van der Waals surface area contributed by atoms with Gasteiger partial charge in [-0.2, -0.15) is 5.10 Å². The van der Waals surface area contributed by atoms with E-state index in [1.807, 2.05) is 10.9 Å². The Kier molecular flexibility index (Phi) is 3.42. The molecule has 2 aromatic heterocycles. The van der Waals surface area contributed by atoms with E-state index in [-0.39, 0.29) is 0 Å². The summed E-state index contributed by atoms with van der Waals surface area (Å²) in [6, 6.07) is 4.96. The van der Waals surface area contributed by atoms with E-state index in [4.69, 9.17) is 0 Å². The maximum atomic E-state index is 4.37. The van der Waals surface area contributed by atoms with E-state index in [2.05, 4.69) is 52.9 Å². The number of hydrogen-bond donors (Lipinski definition) is 0. The van der Waals surface area contributed by atoms with E-state index < -0.39 is 0 Å². The number of nitrogens with zero attached hydrogens (tertiary/aromatic N) is 4. The van der Waals surface area contributed by atoms with E-state index in [9.17, 15) is 0 Å². The van der Waals surface area contributed by atoms with Crippen LogP contribution >= 0.6 is 0 Å². The topological polar surface area (TPSA) is 26.0 Å². The lowest BCUT2D eigenvalue weighted by Gasteiger charge is -2.36. The van der Waals surface area contributed by atoms with E-state index in [0.717, 1.165) is 32.6 Å². The summed E-state index contributed by atoms with van der Waals surface area (Å²) >= 11 is 0. The highest BCUT2D eigenvalue weighted by molar-refractivity contribution is 5.15. The van der Waals surface area contributed by atoms with E-state index in [1.165, 1.54) is 11.3 Å². The lowest BCUT2D eigenvalue weighted by molar-refractivity contribution is 0.144. The molecule has 0 saturated heterocycles. The summed E-state index contributed by atoms with van der Waals surface area (Å²) in [5.41, 5.74) is 2.77. The molecule has 0 amide bonds. The molecule has 0 aromatic carbocycles. The second kappa shape index (κ2) is 5.21. The fourth-order valence-corrected chi connectivity index (χ4v) is 3.06. The molecule has 1 atom stereocenters. The third kappa shape index (κ3) is 2.32. The van der Waals surface area contributed by atoms with Crippen molar-refractivity contribution in [2.75, 3.05) is 6.54 Å². The fraction of sp³-hybridized carbons (Fsp3) is 0.533. The summed E-state index contributed by atoms with van der Waals surface area (Å²) < 4.78 is 4.39. The summed E-state index contributed by atoms with van der Waals surface area (Å²) in [7, 11) is 0. The zero-order chi connectivity index (χ0) is 13.2. The molecule has 19 heavy (non-hydrogen) atoms. The molecule has 1 aliphatic rings. The number of hydrogen-bond acceptors (Lipinski definition) is 2. The third-order valence-corrected chi connectivity index (χ3v) is 4.06. The standard InChI is InChI=1S/C15H22N4/c1-3-14-15-6-5-7-17(15)8-9-18(14)11-13-10-16-19(4-2)12-13/h5-7,10,12,14H,3-4,8-9,11H2,1-2H3/t14-/m0/s1. The van der Waals surface area contributed by atoms with Crippen LogP contribution in [0.1, 0.15) is 37.6 Å². The first-order valence-electron chi connectivity index (χ1n) is 7.22. The van der Waals surface area contributed by atoms with Gasteiger partial charge in [-0.1, -0.05) is 6.92 Å². The van der Waals surface area contributed by atoms with Crippen molar-refractivity contribution in [1.82, 2.24) is 19.2 Å². The van der Waals surface area contributed by atoms with Crippen LogP contribution in [-0.2, 0) is 19.6 Å². The molecular weight excluding hydrogens is 236 g/mol. The van der Waals surface area contributed by atoms with Gasteiger partial charge in [-0.3, -0.25) is 9.58 Å². The Bertz CT molecular complexity index is 540. The number of rotatable bonds is 4. The Hall–Kier alpha value is -1.55. The zero-order valence-electron chi connectivity index (χ0n) is 11.8. The molecule has 3 heterocycles. The summed E-state index contributed by atoms with van der Waals surface area (Å²) in [6.45, 7) is 8.57. The molecule has 0 aliphatic carbocycles. The normalized spacial score (nSPS) is 19.6. The smallest absolute Gasteiger partial charge is 0.0534 e. The average Bonchev–Trinajstić information content (AvgIpc) is 3.06. The van der Waals surface area contributed by atoms with Crippen LogP contribution in [0.5, 0.6) is 0 Å². The lowest BCUT2D eigenvalue weighted by atomic mass is 10.1. The molecule has 0 unspecified atom stereocenters. The number of fused-ring (bicyclic) bond motifs is 1. The molecule has 0 radical (unpaired) electrons. The first-order chi connectivity index (χ1) is 9.31. The first kappa shape index (κ1) is 12.5. The minimum Gasteiger partial charge on any atom is -0.349 e. The number of aromatic nitrogens is 3. The van der Waals surface area contributed by atoms with Crippen LogP contribution in [0.4, 0.5) is 0 Å². The Morgan fingerprint density at radius 2 is 2.21 bits per heavy atom. The maximum Gasteiger partial charge on any atom is 0.0534 e. The van der Waals surface area contributed by atoms with Gasteiger partial charge in [0.15, 0.2) is 0 Å². The van der Waals surface area contributed by atoms with Gasteiger partial charge in [0, 0.05) is 49.8 Å². The van der Waals surface area contributed by atoms with Crippen molar-refractivity contribution in [3.63, 3.8) is 0 Å². The Labute approximate surface area is 114 Å². The molecule has 0 N–H and O–H groups in total. The quantitative estimate of drug-likeness (QED) is 0.842. The van der Waals surface area contributed by atoms with Crippen molar-refractivity contribution in [3.05, 3.63) is 42.0 Å². The molecule has 0 spiro atoms. The van der Waals surface area contributed by atoms with Crippen LogP contribution in [0.25, 0.3) is 0 Å². The van der Waals surface area contributed by atoms with Crippen LogP contribution in [-0.4, -0.2) is 25.8 Å². The largest absolute Gasteiger partial charge is 0.349 e. The molecule has 2 aromatic rings. The van der Waals surface area contributed by atoms with Gasteiger partial charge in [-0.25, -0.2) is 0 Å². The molecule has 4 heteroatoms. The molecular formula is C15H22N4. The van der Waals surface area contributed by atoms with Gasteiger partial charge in [-0.05, 0) is 25.5 Å². The highest BCUT2D eigenvalue weighted by atomic mass is 15.3. The third-order valence-electron chi connectivity index (χ3n) is 4.06. The molecule has 4 nitrogen and oxygen atoms in total. The molecule has 102 valence electrons. The minimum atomic E-state index is 0.536. The molecule has 1 aliphatic heterocycles. The SMILES string of the molecule is CC[C@H]1c2cccn2CCN1Cc1cnn(CC)c1. The van der Waals surface area contributed by atoms with Gasteiger partial charge < -0.3 is 4.57 Å². The van der Waals surface area contributed by atoms with Crippen molar-refractivity contribution in [2.24, 2.45) is 0 Å². The Balaban J connectivity index is 1.78. The summed E-state index contributed by atoms with van der Waals surface area (Å²) in [5, 5.41) is 4.37. The van der Waals surface area contributed by atoms with Gasteiger partial charge in [0.05, 0.1) is 12.2 Å². The molecule has 0 fully saturated rings. The van der Waals surface area contributed by atoms with Gasteiger partial charge in [-0.15, -0.1) is 0 Å². The van der Waals surface area contributed by atoms with Crippen LogP contribution in [0.15, 0.2) is 30.7 Å². The van der Waals surface area contributed by atoms with Crippen molar-refractivity contribution in [2.45, 2.75) is 45.9 Å². The van der Waals surface area contributed by atoms with Crippen molar-refractivity contribution >= 4 is 0 Å². The summed E-state index contributed by atoms with van der Waals surface area (Å²) in [4.78, 5) is 2.58. The Morgan fingerprint density at radius 1 is 1.32 bits per heavy atom. The van der Waals surface area contributed by atoms with Gasteiger partial charge in [0.1, 0.15) is 0 Å². The first-order valence-corrected chi connectivity index (χ1v) is 7.22. The highest BCUT2D eigenvalue weighted by Crippen LogP contribution is 2.29. The molecule has 0 bridgehead atoms. The fourth-order valence-electron chi connectivity index (χ4n) is 3.06. The van der Waals surface area contributed by atoms with Crippen LogP contribution < -0.4 is 0 Å². The molecule has 0 saturated carbocycles. The van der Waals surface area contributed by atoms with Gasteiger partial charge in [0.2, 0.25) is 0 Å². The summed E-state index contributed by atoms with van der Waals surface area (Å²) in [5.74, 6) is 0. The van der Waals surface area contributed by atoms with Crippen molar-refractivity contribution < 1.29 is 0 Å². The van der Waals surface area contributed by atoms with Crippen LogP contribution in [0.2, 0.25) is 0 Å². The second-order valence-corrected chi connectivity index (χ2v) is 5.23. The predicted octanol–water partition coefficient (Wildman–Crippen LogP) is 2.67. The minimum absolute atomic E-state index is 0.536. The van der Waals surface area contributed by atoms with Crippen molar-refractivity contribution in [3.8, 4) is 0 Å². The lowest BCUT2D eigenvalue weighted by Crippen LogP contribution is -2.36. The number of aryl methyl sites for hydroxylation is 1. The predicted molar refractivity (Wildman–Crippen MR) is 75.8 cm³/mol. The Morgan fingerprint density at radius 3 is 2.95 bits per heavy atom. The van der Waals surface area contributed by atoms with Gasteiger partial charge in [0.25, 0.3) is 0 Å². The molecule has 3 rings (SSSR count). The van der Waals surface area contributed by atoms with Crippen LogP contribution in [0.3, 0.4) is 0 Å². The monoisotopic (exact) mass is 258 g/mol. The maximum absolute atomic E-state index is 4.37. The van der Waals surface area contributed by atoms with Crippen molar-refractivity contribution in [1.29, 1.82) is 0 Å². The second-order valence-electron chi connectivity index (χ2n) is 5.23. The summed E-state index contributed by atoms with van der Waals surface area (Å²) in [6.07, 6.45) is 7.53. The van der Waals surface area contributed by atoms with E-state index in [0.29, 0.717) is 6.04 Å². The highest BCUT2D eigenvalue weighted by Gasteiger charge is 2.25. The zero-order valence-corrected chi connectivity index (χ0v) is 11.8. The van der Waals surface area contributed by atoms with E-state index >= 15 is 0 Å².